The summed E-state index contributed by atoms with van der Waals surface area (Å²) in [4.78, 5) is 38.0. The minimum atomic E-state index is -4.45. The molecule has 9 nitrogen and oxygen atoms in total. The summed E-state index contributed by atoms with van der Waals surface area (Å²) in [6.45, 7) is 7.07. The molecule has 2 N–H and O–H groups in total. The van der Waals surface area contributed by atoms with Gasteiger partial charge in [0.2, 0.25) is 5.91 Å². The van der Waals surface area contributed by atoms with E-state index in [4.69, 9.17) is 13.8 Å². The van der Waals surface area contributed by atoms with Gasteiger partial charge in [0.15, 0.2) is 0 Å². The van der Waals surface area contributed by atoms with Crippen LogP contribution in [0.2, 0.25) is 0 Å². The largest absolute Gasteiger partial charge is 0.472 e. The number of phosphoric acid groups is 1. The minimum Gasteiger partial charge on any atom is -0.456 e. The van der Waals surface area contributed by atoms with Gasteiger partial charge in [-0.05, 0) is 63.9 Å². The first-order valence-electron chi connectivity index (χ1n) is 39.3. The van der Waals surface area contributed by atoms with E-state index in [0.717, 1.165) is 64.2 Å². The molecule has 0 aromatic carbocycles. The van der Waals surface area contributed by atoms with E-state index in [1.807, 2.05) is 27.2 Å². The van der Waals surface area contributed by atoms with Gasteiger partial charge in [-0.25, -0.2) is 4.57 Å². The first-order valence-corrected chi connectivity index (χ1v) is 40.8. The monoisotopic (exact) mass is 1270 g/mol. The summed E-state index contributed by atoms with van der Waals surface area (Å²) >= 11 is 0. The lowest BCUT2D eigenvalue weighted by Gasteiger charge is -2.27. The maximum atomic E-state index is 13.7. The maximum Gasteiger partial charge on any atom is 0.472 e. The summed E-state index contributed by atoms with van der Waals surface area (Å²) in [6.07, 6.45) is 87.5. The highest BCUT2D eigenvalue weighted by molar-refractivity contribution is 7.47. The molecule has 0 aromatic rings. The highest BCUT2D eigenvalue weighted by atomic mass is 31.2. The number of carbonyl (C=O) groups is 2. The Morgan fingerprint density at radius 3 is 1.03 bits per heavy atom. The fraction of sp³-hybridized carbons (Fsp3) is 0.899. The molecule has 0 bridgehead atoms. The molecule has 10 heteroatoms. The van der Waals surface area contributed by atoms with Crippen LogP contribution in [0.3, 0.4) is 0 Å². The van der Waals surface area contributed by atoms with Crippen molar-refractivity contribution in [1.29, 1.82) is 0 Å². The van der Waals surface area contributed by atoms with E-state index in [2.05, 4.69) is 56.5 Å². The zero-order valence-corrected chi connectivity index (χ0v) is 61.4. The molecule has 3 atom stereocenters. The SMILES string of the molecule is CCCCC/C=C\C/C=C\CCCCCCCCCCCCCCCCCCCC(=O)NC(COP(=O)(O)OCC[N+](C)(C)C)C(/C=C/CCCCCCCCCCCCC)OC(=O)CCCCCCCCCCCCCCCCCCCCCCCCC. The summed E-state index contributed by atoms with van der Waals surface area (Å²) < 4.78 is 30.9. The van der Waals surface area contributed by atoms with Crippen LogP contribution in [0.4, 0.5) is 0 Å². The smallest absolute Gasteiger partial charge is 0.456 e. The molecule has 89 heavy (non-hydrogen) atoms. The van der Waals surface area contributed by atoms with E-state index in [1.165, 1.54) is 308 Å². The van der Waals surface area contributed by atoms with Gasteiger partial charge in [0.25, 0.3) is 0 Å². The number of allylic oxidation sites excluding steroid dienone is 5. The van der Waals surface area contributed by atoms with Crippen molar-refractivity contribution < 1.29 is 37.3 Å². The van der Waals surface area contributed by atoms with E-state index in [9.17, 15) is 19.0 Å². The maximum absolute atomic E-state index is 13.7. The quantitative estimate of drug-likeness (QED) is 0.0205. The van der Waals surface area contributed by atoms with Crippen LogP contribution in [0.1, 0.15) is 406 Å². The van der Waals surface area contributed by atoms with E-state index in [0.29, 0.717) is 23.9 Å². The summed E-state index contributed by atoms with van der Waals surface area (Å²) in [7, 11) is 1.52. The lowest BCUT2D eigenvalue weighted by atomic mass is 10.0. The third-order valence-corrected chi connectivity index (χ3v) is 19.1. The number of hydrogen-bond acceptors (Lipinski definition) is 6. The van der Waals surface area contributed by atoms with Gasteiger partial charge in [0.1, 0.15) is 19.3 Å². The number of unbranched alkanes of at least 4 members (excludes halogenated alkanes) is 53. The standard InChI is InChI=1S/C79H153N2O7P/c1-7-10-13-16-19-22-25-28-30-32-34-36-38-39-40-41-43-44-46-48-50-53-56-59-62-65-68-71-78(82)80-76(75-87-89(84,85)86-74-73-81(4,5)6)77(70-67-64-61-58-55-52-27-24-21-18-15-12-9-3)88-79(83)72-69-66-63-60-57-54-51-49-47-45-42-37-35-33-31-29-26-23-20-17-14-11-8-2/h19,22,28,30,67,70,76-77H,7-18,20-21,23-27,29,31-66,68-69,71-75H2,1-6H3,(H-,80,82,84,85)/p+1/b22-19-,30-28-,70-67+. The van der Waals surface area contributed by atoms with E-state index in [1.54, 1.807) is 0 Å². The first kappa shape index (κ1) is 87.2. The summed E-state index contributed by atoms with van der Waals surface area (Å²) in [6, 6.07) is -0.845. The third-order valence-electron chi connectivity index (χ3n) is 18.1. The molecular formula is C79H154N2O7P+. The zero-order valence-electron chi connectivity index (χ0n) is 60.5. The van der Waals surface area contributed by atoms with Crippen molar-refractivity contribution in [3.8, 4) is 0 Å². The van der Waals surface area contributed by atoms with Crippen molar-refractivity contribution in [2.75, 3.05) is 40.9 Å². The van der Waals surface area contributed by atoms with Gasteiger partial charge < -0.3 is 19.4 Å². The van der Waals surface area contributed by atoms with Gasteiger partial charge in [0, 0.05) is 12.8 Å². The Morgan fingerprint density at radius 1 is 0.393 bits per heavy atom. The fourth-order valence-electron chi connectivity index (χ4n) is 12.0. The average molecular weight is 1280 g/mol. The van der Waals surface area contributed by atoms with E-state index in [-0.39, 0.29) is 25.1 Å². The number of quaternary nitrogens is 1. The highest BCUT2D eigenvalue weighted by Gasteiger charge is 2.30. The molecule has 0 aliphatic rings. The van der Waals surface area contributed by atoms with Gasteiger partial charge in [-0.2, -0.15) is 0 Å². The van der Waals surface area contributed by atoms with Gasteiger partial charge in [-0.3, -0.25) is 18.6 Å². The lowest BCUT2D eigenvalue weighted by Crippen LogP contribution is -2.47. The van der Waals surface area contributed by atoms with Crippen LogP contribution < -0.4 is 5.32 Å². The molecule has 526 valence electrons. The molecule has 0 spiro atoms. The van der Waals surface area contributed by atoms with Crippen LogP contribution in [0.15, 0.2) is 36.5 Å². The molecule has 0 fully saturated rings. The molecular weight excluding hydrogens is 1120 g/mol. The topological polar surface area (TPSA) is 111 Å². The lowest BCUT2D eigenvalue weighted by molar-refractivity contribution is -0.870. The summed E-state index contributed by atoms with van der Waals surface area (Å²) in [5.41, 5.74) is 0. The number of likely N-dealkylation sites (N-methyl/N-ethyl adjacent to an activating group) is 1. The van der Waals surface area contributed by atoms with Crippen molar-refractivity contribution in [1.82, 2.24) is 5.32 Å². The molecule has 3 unspecified atom stereocenters. The van der Waals surface area contributed by atoms with Gasteiger partial charge >= 0.3 is 13.8 Å². The average Bonchev–Trinajstić information content (AvgIpc) is 3.65. The van der Waals surface area contributed by atoms with Crippen molar-refractivity contribution in [3.05, 3.63) is 36.5 Å². The Labute approximate surface area is 555 Å². The number of carbonyl (C=O) groups excluding carboxylic acids is 2. The first-order chi connectivity index (χ1) is 43.4. The second kappa shape index (κ2) is 69.1. The Balaban J connectivity index is 4.94. The molecule has 0 saturated carbocycles. The molecule has 0 radical (unpaired) electrons. The molecule has 1 amide bonds. The number of nitrogens with one attached hydrogen (secondary N) is 1. The normalized spacial score (nSPS) is 13.6. The Bertz CT molecular complexity index is 1610. The van der Waals surface area contributed by atoms with Crippen LogP contribution >= 0.6 is 7.82 Å². The predicted molar refractivity (Wildman–Crippen MR) is 388 cm³/mol. The van der Waals surface area contributed by atoms with Crippen LogP contribution in [-0.2, 0) is 27.9 Å². The Kier molecular flexibility index (Phi) is 67.7. The second-order valence-electron chi connectivity index (χ2n) is 28.2. The molecule has 0 aliphatic heterocycles. The molecule has 0 saturated heterocycles. The number of ether oxygens (including phenoxy) is 1. The van der Waals surface area contributed by atoms with E-state index < -0.39 is 20.0 Å². The molecule has 0 rings (SSSR count). The van der Waals surface area contributed by atoms with Gasteiger partial charge in [0.05, 0.1) is 33.8 Å². The van der Waals surface area contributed by atoms with Crippen LogP contribution in [-0.4, -0.2) is 74.3 Å². The molecule has 0 aliphatic carbocycles. The van der Waals surface area contributed by atoms with Crippen molar-refractivity contribution in [2.45, 2.75) is 418 Å². The van der Waals surface area contributed by atoms with Gasteiger partial charge in [-0.1, -0.05) is 366 Å². The molecule has 0 heterocycles. The second-order valence-corrected chi connectivity index (χ2v) is 29.7. The van der Waals surface area contributed by atoms with Crippen LogP contribution in [0, 0.1) is 0 Å². The van der Waals surface area contributed by atoms with Crippen LogP contribution in [0.5, 0.6) is 0 Å². The highest BCUT2D eigenvalue weighted by Crippen LogP contribution is 2.43. The zero-order chi connectivity index (χ0) is 64.9. The third kappa shape index (κ3) is 70.4. The number of amides is 1. The van der Waals surface area contributed by atoms with Crippen molar-refractivity contribution >= 4 is 19.7 Å². The van der Waals surface area contributed by atoms with Crippen molar-refractivity contribution in [2.24, 2.45) is 0 Å². The number of hydrogen-bond donors (Lipinski definition) is 2. The van der Waals surface area contributed by atoms with Crippen molar-refractivity contribution in [3.63, 3.8) is 0 Å². The van der Waals surface area contributed by atoms with Gasteiger partial charge in [-0.15, -0.1) is 0 Å². The minimum absolute atomic E-state index is 0.0442. The summed E-state index contributed by atoms with van der Waals surface area (Å²) in [5, 5.41) is 3.09. The number of phosphoric ester groups is 1. The summed E-state index contributed by atoms with van der Waals surface area (Å²) in [5.74, 6) is -0.478. The predicted octanol–water partition coefficient (Wildman–Crippen LogP) is 25.4. The fourth-order valence-corrected chi connectivity index (χ4v) is 12.8. The van der Waals surface area contributed by atoms with Crippen LogP contribution in [0.25, 0.3) is 0 Å². The number of nitrogens with zero attached hydrogens (tertiary/aromatic N) is 1. The molecule has 0 aromatic heterocycles. The van der Waals surface area contributed by atoms with E-state index >= 15 is 0 Å². The Hall–Kier alpha value is -1.77. The number of rotatable bonds is 73. The Morgan fingerprint density at radius 2 is 0.685 bits per heavy atom. The number of esters is 1.